The van der Waals surface area contributed by atoms with Crippen LogP contribution in [0.15, 0.2) is 0 Å². The second-order valence-electron chi connectivity index (χ2n) is 5.67. The second kappa shape index (κ2) is 8.91. The fraction of sp³-hybridized carbons (Fsp3) is 0.867. The Balaban J connectivity index is 4.52. The van der Waals surface area contributed by atoms with E-state index in [1.54, 1.807) is 0 Å². The molecule has 0 saturated carbocycles. The molecule has 0 aromatic rings. The predicted molar refractivity (Wildman–Crippen MR) is 78.5 cm³/mol. The average molecular weight is 264 g/mol. The van der Waals surface area contributed by atoms with E-state index < -0.39 is 0 Å². The molecule has 4 heteroatoms. The SMILES string of the molecule is CCC(C)(CC(C)(CC)NCCC#N)NCCC#N. The number of rotatable bonds is 10. The van der Waals surface area contributed by atoms with Gasteiger partial charge in [-0.05, 0) is 33.1 Å². The van der Waals surface area contributed by atoms with Crippen molar-refractivity contribution in [3.8, 4) is 12.1 Å². The van der Waals surface area contributed by atoms with Crippen molar-refractivity contribution in [1.82, 2.24) is 10.6 Å². The number of nitriles is 2. The molecule has 0 aliphatic rings. The molecule has 4 nitrogen and oxygen atoms in total. The Morgan fingerprint density at radius 3 is 1.47 bits per heavy atom. The third-order valence-electron chi connectivity index (χ3n) is 3.92. The minimum Gasteiger partial charge on any atom is -0.310 e. The van der Waals surface area contributed by atoms with Crippen molar-refractivity contribution in [2.75, 3.05) is 13.1 Å². The average Bonchev–Trinajstić information content (AvgIpc) is 2.39. The molecule has 108 valence electrons. The van der Waals surface area contributed by atoms with Gasteiger partial charge in [0.15, 0.2) is 0 Å². The molecule has 0 aliphatic heterocycles. The van der Waals surface area contributed by atoms with E-state index in [2.05, 4.69) is 50.5 Å². The highest BCUT2D eigenvalue weighted by molar-refractivity contribution is 4.95. The monoisotopic (exact) mass is 264 g/mol. The molecule has 0 radical (unpaired) electrons. The normalized spacial score (nSPS) is 16.9. The third-order valence-corrected chi connectivity index (χ3v) is 3.92. The van der Waals surface area contributed by atoms with Crippen LogP contribution in [0, 0.1) is 22.7 Å². The Hall–Kier alpha value is -1.10. The summed E-state index contributed by atoms with van der Waals surface area (Å²) in [5.41, 5.74) is 0.0580. The maximum absolute atomic E-state index is 8.62. The summed E-state index contributed by atoms with van der Waals surface area (Å²) in [4.78, 5) is 0. The molecule has 0 amide bonds. The highest BCUT2D eigenvalue weighted by atomic mass is 15.0. The lowest BCUT2D eigenvalue weighted by Gasteiger charge is -2.40. The zero-order valence-electron chi connectivity index (χ0n) is 12.8. The van der Waals surface area contributed by atoms with Crippen LogP contribution in [0.25, 0.3) is 0 Å². The van der Waals surface area contributed by atoms with Crippen molar-refractivity contribution in [1.29, 1.82) is 10.5 Å². The summed E-state index contributed by atoms with van der Waals surface area (Å²) >= 11 is 0. The maximum Gasteiger partial charge on any atom is 0.0635 e. The van der Waals surface area contributed by atoms with Gasteiger partial charge in [-0.25, -0.2) is 0 Å². The molecular formula is C15H28N4. The predicted octanol–water partition coefficient (Wildman–Crippen LogP) is 2.72. The van der Waals surface area contributed by atoms with Crippen molar-refractivity contribution in [3.05, 3.63) is 0 Å². The minimum atomic E-state index is 0.0290. The molecule has 0 aromatic heterocycles. The summed E-state index contributed by atoms with van der Waals surface area (Å²) < 4.78 is 0. The number of nitrogens with one attached hydrogen (secondary N) is 2. The lowest BCUT2D eigenvalue weighted by Crippen LogP contribution is -2.53. The molecule has 0 aromatic carbocycles. The van der Waals surface area contributed by atoms with Gasteiger partial charge < -0.3 is 10.6 Å². The Labute approximate surface area is 118 Å². The molecule has 0 bridgehead atoms. The number of hydrogen-bond donors (Lipinski definition) is 2. The third kappa shape index (κ3) is 7.15. The van der Waals surface area contributed by atoms with Gasteiger partial charge in [0, 0.05) is 37.0 Å². The van der Waals surface area contributed by atoms with Crippen LogP contribution in [0.4, 0.5) is 0 Å². The topological polar surface area (TPSA) is 71.6 Å². The lowest BCUT2D eigenvalue weighted by atomic mass is 9.80. The first-order valence-electron chi connectivity index (χ1n) is 7.19. The van der Waals surface area contributed by atoms with E-state index in [9.17, 15) is 0 Å². The fourth-order valence-electron chi connectivity index (χ4n) is 2.33. The van der Waals surface area contributed by atoms with Crippen molar-refractivity contribution < 1.29 is 0 Å². The molecule has 0 aliphatic carbocycles. The molecular weight excluding hydrogens is 236 g/mol. The van der Waals surface area contributed by atoms with Crippen LogP contribution >= 0.6 is 0 Å². The maximum atomic E-state index is 8.62. The first-order chi connectivity index (χ1) is 8.95. The second-order valence-corrected chi connectivity index (χ2v) is 5.67. The summed E-state index contributed by atoms with van der Waals surface area (Å²) in [5.74, 6) is 0. The zero-order chi connectivity index (χ0) is 14.8. The van der Waals surface area contributed by atoms with Gasteiger partial charge in [-0.1, -0.05) is 13.8 Å². The van der Waals surface area contributed by atoms with Gasteiger partial charge in [0.1, 0.15) is 0 Å². The van der Waals surface area contributed by atoms with Gasteiger partial charge in [0.2, 0.25) is 0 Å². The Morgan fingerprint density at radius 2 is 1.21 bits per heavy atom. The summed E-state index contributed by atoms with van der Waals surface area (Å²) in [6.45, 7) is 10.2. The van der Waals surface area contributed by atoms with Gasteiger partial charge in [-0.2, -0.15) is 10.5 Å². The number of nitrogens with zero attached hydrogens (tertiary/aromatic N) is 2. The largest absolute Gasteiger partial charge is 0.310 e. The minimum absolute atomic E-state index is 0.0290. The summed E-state index contributed by atoms with van der Waals surface area (Å²) in [5, 5.41) is 24.2. The highest BCUT2D eigenvalue weighted by Crippen LogP contribution is 2.26. The molecule has 2 N–H and O–H groups in total. The van der Waals surface area contributed by atoms with Crippen LogP contribution in [0.2, 0.25) is 0 Å². The van der Waals surface area contributed by atoms with Crippen LogP contribution in [0.1, 0.15) is 59.8 Å². The van der Waals surface area contributed by atoms with E-state index in [1.165, 1.54) is 0 Å². The van der Waals surface area contributed by atoms with E-state index in [-0.39, 0.29) is 11.1 Å². The Kier molecular flexibility index (Phi) is 8.39. The summed E-state index contributed by atoms with van der Waals surface area (Å²) in [6.07, 6.45) is 4.12. The van der Waals surface area contributed by atoms with Gasteiger partial charge in [-0.3, -0.25) is 0 Å². The van der Waals surface area contributed by atoms with Crippen LogP contribution < -0.4 is 10.6 Å². The van der Waals surface area contributed by atoms with Crippen LogP contribution in [0.5, 0.6) is 0 Å². The molecule has 2 unspecified atom stereocenters. The van der Waals surface area contributed by atoms with Crippen molar-refractivity contribution in [3.63, 3.8) is 0 Å². The Morgan fingerprint density at radius 1 is 0.842 bits per heavy atom. The van der Waals surface area contributed by atoms with E-state index in [0.29, 0.717) is 12.8 Å². The first kappa shape index (κ1) is 17.9. The van der Waals surface area contributed by atoms with Crippen molar-refractivity contribution in [2.45, 2.75) is 70.9 Å². The summed E-state index contributed by atoms with van der Waals surface area (Å²) in [7, 11) is 0. The van der Waals surface area contributed by atoms with Crippen LogP contribution in [0.3, 0.4) is 0 Å². The van der Waals surface area contributed by atoms with E-state index in [0.717, 1.165) is 32.4 Å². The fourth-order valence-corrected chi connectivity index (χ4v) is 2.33. The van der Waals surface area contributed by atoms with Crippen molar-refractivity contribution >= 4 is 0 Å². The molecule has 0 spiro atoms. The molecule has 19 heavy (non-hydrogen) atoms. The van der Waals surface area contributed by atoms with Gasteiger partial charge in [0.25, 0.3) is 0 Å². The van der Waals surface area contributed by atoms with Gasteiger partial charge in [-0.15, -0.1) is 0 Å². The standard InChI is InChI=1S/C15H28N4/c1-5-14(3,18-11-7-9-16)13-15(4,6-2)19-12-8-10-17/h18-19H,5-8,11-13H2,1-4H3. The molecule has 0 fully saturated rings. The molecule has 0 rings (SSSR count). The molecule has 2 atom stereocenters. The van der Waals surface area contributed by atoms with Crippen LogP contribution in [-0.2, 0) is 0 Å². The number of hydrogen-bond acceptors (Lipinski definition) is 4. The first-order valence-corrected chi connectivity index (χ1v) is 7.19. The molecule has 0 heterocycles. The summed E-state index contributed by atoms with van der Waals surface area (Å²) in [6, 6.07) is 4.34. The highest BCUT2D eigenvalue weighted by Gasteiger charge is 2.32. The van der Waals surface area contributed by atoms with Crippen LogP contribution in [-0.4, -0.2) is 24.2 Å². The quantitative estimate of drug-likeness (QED) is 0.595. The van der Waals surface area contributed by atoms with E-state index in [1.807, 2.05) is 0 Å². The van der Waals surface area contributed by atoms with E-state index in [4.69, 9.17) is 10.5 Å². The zero-order valence-corrected chi connectivity index (χ0v) is 12.8. The van der Waals surface area contributed by atoms with Gasteiger partial charge in [0.05, 0.1) is 12.1 Å². The smallest absolute Gasteiger partial charge is 0.0635 e. The lowest BCUT2D eigenvalue weighted by molar-refractivity contribution is 0.210. The molecule has 0 saturated heterocycles. The Bertz CT molecular complexity index is 296. The van der Waals surface area contributed by atoms with Gasteiger partial charge >= 0.3 is 0 Å². The van der Waals surface area contributed by atoms with E-state index >= 15 is 0 Å². The van der Waals surface area contributed by atoms with Crippen molar-refractivity contribution in [2.24, 2.45) is 0 Å².